The molecule has 4 heterocycles. The van der Waals surface area contributed by atoms with Gasteiger partial charge in [-0.25, -0.2) is 9.59 Å². The molecule has 0 bridgehead atoms. The van der Waals surface area contributed by atoms with E-state index in [9.17, 15) is 24.6 Å². The molecule has 0 amide bonds. The molecule has 16 atom stereocenters. The second kappa shape index (κ2) is 17.9. The highest BCUT2D eigenvalue weighted by atomic mass is 16.8. The number of hydrogen-bond donors (Lipinski definition) is 2. The Morgan fingerprint density at radius 2 is 1.53 bits per heavy atom. The maximum absolute atomic E-state index is 13.2. The van der Waals surface area contributed by atoms with Gasteiger partial charge in [-0.3, -0.25) is 4.79 Å². The Morgan fingerprint density at radius 1 is 0.824 bits per heavy atom. The number of aliphatic hydroxyl groups excluding tert-OH is 2. The number of ketones is 1. The van der Waals surface area contributed by atoms with Crippen molar-refractivity contribution in [2.45, 2.75) is 134 Å². The lowest BCUT2D eigenvalue weighted by Crippen LogP contribution is -2.62. The number of carbonyl (C=O) groups excluding carboxylic acids is 3. The van der Waals surface area contributed by atoms with Crippen LogP contribution in [0.3, 0.4) is 0 Å². The van der Waals surface area contributed by atoms with Crippen molar-refractivity contribution in [1.82, 2.24) is 0 Å². The first-order chi connectivity index (χ1) is 24.1. The van der Waals surface area contributed by atoms with Crippen molar-refractivity contribution in [1.29, 1.82) is 0 Å². The van der Waals surface area contributed by atoms with Gasteiger partial charge in [0.25, 0.3) is 0 Å². The zero-order valence-corrected chi connectivity index (χ0v) is 31.0. The van der Waals surface area contributed by atoms with Gasteiger partial charge in [-0.2, -0.15) is 0 Å². The average molecular weight is 725 g/mol. The first-order valence-electron chi connectivity index (χ1n) is 17.8. The fourth-order valence-corrected chi connectivity index (χ4v) is 7.38. The molecule has 51 heavy (non-hydrogen) atoms. The third-order valence-electron chi connectivity index (χ3n) is 10.5. The predicted octanol–water partition coefficient (Wildman–Crippen LogP) is 3.41. The van der Waals surface area contributed by atoms with Crippen LogP contribution in [-0.2, 0) is 52.2 Å². The zero-order chi connectivity index (χ0) is 37.6. The van der Waals surface area contributed by atoms with Crippen molar-refractivity contribution in [3.05, 3.63) is 36.5 Å². The largest absolute Gasteiger partial charge is 0.509 e. The summed E-state index contributed by atoms with van der Waals surface area (Å²) in [5, 5.41) is 22.0. The van der Waals surface area contributed by atoms with E-state index in [0.717, 1.165) is 0 Å². The van der Waals surface area contributed by atoms with Crippen molar-refractivity contribution in [2.75, 3.05) is 20.8 Å². The van der Waals surface area contributed by atoms with Crippen LogP contribution in [0.2, 0.25) is 0 Å². The first kappa shape index (κ1) is 41.1. The van der Waals surface area contributed by atoms with Crippen molar-refractivity contribution < 1.29 is 67.2 Å². The van der Waals surface area contributed by atoms with Crippen LogP contribution in [-0.4, -0.2) is 122 Å². The second-order valence-corrected chi connectivity index (χ2v) is 14.4. The molecule has 0 aliphatic carbocycles. The number of rotatable bonds is 7. The van der Waals surface area contributed by atoms with Gasteiger partial charge in [0.2, 0.25) is 0 Å². The van der Waals surface area contributed by atoms with Gasteiger partial charge in [0, 0.05) is 44.5 Å². The van der Waals surface area contributed by atoms with E-state index in [4.69, 9.17) is 42.6 Å². The molecular formula is C37H56O14. The van der Waals surface area contributed by atoms with E-state index in [-0.39, 0.29) is 30.6 Å². The molecule has 14 heteroatoms. The van der Waals surface area contributed by atoms with Crippen molar-refractivity contribution >= 4 is 17.9 Å². The highest BCUT2D eigenvalue weighted by Gasteiger charge is 2.61. The number of carbonyl (C=O) groups is 3. The van der Waals surface area contributed by atoms with E-state index < -0.39 is 97.1 Å². The fourth-order valence-electron chi connectivity index (χ4n) is 7.38. The standard InChI is InChI=1S/C37H56O14/c1-19-14-15-28(39)47-23(5)26(18-45-34-32(44-9)31(43-8)29(40)24(6)48-34)12-10-11-13-27(38)20(2)16-21(3)30(19)50-35-33(41)37(17-22(4)46-35)25(7)49-36(42)51-37/h10-15,19-26,29-35,40-41H,16-18H2,1-9H3/b12-10-,13-11+,15-14+/t19-,20+,21-,22+,23+,24+,25-,26+,29+,30+,31+,32+,33-,34+,35-,37?/m0/s1. The first-order valence-corrected chi connectivity index (χ1v) is 17.8. The van der Waals surface area contributed by atoms with Gasteiger partial charge < -0.3 is 52.8 Å². The molecule has 4 aliphatic rings. The fraction of sp³-hybridized carbons (Fsp3) is 0.757. The minimum atomic E-state index is -1.36. The maximum atomic E-state index is 13.2. The SMILES string of the molecule is CO[C@@H]1[C@H](O)[C@@H](C)O[C@@H](OC[C@H]2/C=C\C=C\C(=O)[C@H](C)C[C@H](C)[C@H](O[C@@H]3O[C@H](C)CC4(OC(=O)O[C@H]4C)[C@H]3O)[C@@H](C)/C=C/C(=O)O[C@@H]2C)[C@@H]1OC. The summed E-state index contributed by atoms with van der Waals surface area (Å²) in [6.07, 6.45) is 0.681. The number of aliphatic hydroxyl groups is 2. The molecule has 3 fully saturated rings. The molecule has 1 unspecified atom stereocenters. The summed E-state index contributed by atoms with van der Waals surface area (Å²) in [5.74, 6) is -2.15. The summed E-state index contributed by atoms with van der Waals surface area (Å²) in [7, 11) is 2.96. The van der Waals surface area contributed by atoms with Crippen molar-refractivity contribution in [2.24, 2.45) is 23.7 Å². The van der Waals surface area contributed by atoms with E-state index in [0.29, 0.717) is 6.42 Å². The minimum Gasteiger partial charge on any atom is -0.459 e. The molecule has 3 saturated heterocycles. The lowest BCUT2D eigenvalue weighted by molar-refractivity contribution is -0.308. The predicted molar refractivity (Wildman–Crippen MR) is 181 cm³/mol. The summed E-state index contributed by atoms with van der Waals surface area (Å²) in [6, 6.07) is 0. The number of esters is 1. The van der Waals surface area contributed by atoms with E-state index in [1.165, 1.54) is 26.4 Å². The number of methoxy groups -OCH3 is 2. The topological polar surface area (TPSA) is 175 Å². The molecule has 0 saturated carbocycles. The third kappa shape index (κ3) is 9.65. The Balaban J connectivity index is 1.53. The summed E-state index contributed by atoms with van der Waals surface area (Å²) < 4.78 is 52.1. The van der Waals surface area contributed by atoms with Crippen LogP contribution in [0.25, 0.3) is 0 Å². The zero-order valence-electron chi connectivity index (χ0n) is 31.0. The smallest absolute Gasteiger partial charge is 0.459 e. The Bertz CT molecular complexity index is 1280. The molecule has 1 spiro atoms. The Kier molecular flexibility index (Phi) is 14.4. The van der Waals surface area contributed by atoms with E-state index in [1.54, 1.807) is 52.0 Å². The second-order valence-electron chi connectivity index (χ2n) is 14.4. The lowest BCUT2D eigenvalue weighted by Gasteiger charge is -2.46. The van der Waals surface area contributed by atoms with E-state index >= 15 is 0 Å². The Labute approximate surface area is 300 Å². The average Bonchev–Trinajstić information content (AvgIpc) is 3.36. The molecule has 0 radical (unpaired) electrons. The van der Waals surface area contributed by atoms with Gasteiger partial charge in [-0.1, -0.05) is 45.1 Å². The monoisotopic (exact) mass is 724 g/mol. The van der Waals surface area contributed by atoms with Gasteiger partial charge in [0.1, 0.15) is 36.6 Å². The highest BCUT2D eigenvalue weighted by molar-refractivity contribution is 5.91. The number of allylic oxidation sites excluding steroid dienone is 3. The van der Waals surface area contributed by atoms with Gasteiger partial charge >= 0.3 is 12.1 Å². The lowest BCUT2D eigenvalue weighted by atomic mass is 9.82. The van der Waals surface area contributed by atoms with Crippen molar-refractivity contribution in [3.63, 3.8) is 0 Å². The Morgan fingerprint density at radius 3 is 2.18 bits per heavy atom. The molecule has 2 N–H and O–H groups in total. The van der Waals surface area contributed by atoms with Crippen LogP contribution in [0.4, 0.5) is 4.79 Å². The van der Waals surface area contributed by atoms with Crippen LogP contribution in [0.15, 0.2) is 36.5 Å². The van der Waals surface area contributed by atoms with Crippen LogP contribution < -0.4 is 0 Å². The molecule has 4 aliphatic heterocycles. The highest BCUT2D eigenvalue weighted by Crippen LogP contribution is 2.42. The summed E-state index contributed by atoms with van der Waals surface area (Å²) >= 11 is 0. The molecule has 288 valence electrons. The molecule has 0 aromatic carbocycles. The normalized spacial score (nSPS) is 46.2. The van der Waals surface area contributed by atoms with Gasteiger partial charge in [0.15, 0.2) is 24.0 Å². The number of cyclic esters (lactones) is 2. The quantitative estimate of drug-likeness (QED) is 0.366. The minimum absolute atomic E-state index is 0.0586. The van der Waals surface area contributed by atoms with E-state index in [2.05, 4.69) is 0 Å². The molecular weight excluding hydrogens is 668 g/mol. The maximum Gasteiger partial charge on any atom is 0.509 e. The van der Waals surface area contributed by atoms with Gasteiger partial charge in [-0.05, 0) is 46.1 Å². The number of ether oxygens (including phenoxy) is 9. The molecule has 0 aromatic rings. The summed E-state index contributed by atoms with van der Waals surface area (Å²) in [4.78, 5) is 38.4. The van der Waals surface area contributed by atoms with Gasteiger partial charge in [0.05, 0.1) is 24.9 Å². The van der Waals surface area contributed by atoms with Crippen molar-refractivity contribution in [3.8, 4) is 0 Å². The van der Waals surface area contributed by atoms with Crippen LogP contribution in [0.5, 0.6) is 0 Å². The molecule has 0 aromatic heterocycles. The summed E-state index contributed by atoms with van der Waals surface area (Å²) in [6.45, 7) is 12.6. The Hall–Kier alpha value is -2.69. The number of hydrogen-bond acceptors (Lipinski definition) is 14. The van der Waals surface area contributed by atoms with Crippen LogP contribution in [0.1, 0.15) is 61.3 Å². The van der Waals surface area contributed by atoms with E-state index in [1.807, 2.05) is 20.8 Å². The van der Waals surface area contributed by atoms with Crippen LogP contribution >= 0.6 is 0 Å². The van der Waals surface area contributed by atoms with Crippen LogP contribution in [0, 0.1) is 23.7 Å². The van der Waals surface area contributed by atoms with Gasteiger partial charge in [-0.15, -0.1) is 0 Å². The summed E-state index contributed by atoms with van der Waals surface area (Å²) in [5.41, 5.74) is -1.35. The molecule has 4 rings (SSSR count). The molecule has 14 nitrogen and oxygen atoms in total. The third-order valence-corrected chi connectivity index (χ3v) is 10.5.